The predicted molar refractivity (Wildman–Crippen MR) is 60.5 cm³/mol. The highest BCUT2D eigenvalue weighted by Crippen LogP contribution is 2.19. The molecule has 1 aromatic heterocycles. The summed E-state index contributed by atoms with van der Waals surface area (Å²) in [5, 5.41) is 2.93. The Balaban J connectivity index is 1.81. The summed E-state index contributed by atoms with van der Waals surface area (Å²) in [5.41, 5.74) is 0.970. The summed E-state index contributed by atoms with van der Waals surface area (Å²) in [6, 6.07) is 0. The zero-order valence-electron chi connectivity index (χ0n) is 8.96. The molecule has 6 heteroatoms. The molecule has 5 nitrogen and oxygen atoms in total. The Bertz CT molecular complexity index is 433. The summed E-state index contributed by atoms with van der Waals surface area (Å²) in [5.74, 6) is 0.341. The van der Waals surface area contributed by atoms with E-state index >= 15 is 0 Å². The van der Waals surface area contributed by atoms with Gasteiger partial charge in [-0.25, -0.2) is 18.4 Å². The first-order valence-corrected chi connectivity index (χ1v) is 7.06. The molecule has 1 aromatic rings. The molecule has 1 fully saturated rings. The maximum absolute atomic E-state index is 11.5. The minimum Gasteiger partial charge on any atom is -0.311 e. The lowest BCUT2D eigenvalue weighted by atomic mass is 10.2. The normalized spacial score (nSPS) is 23.4. The molecular weight excluding hydrogens is 226 g/mol. The molecule has 1 unspecified atom stereocenters. The molecule has 1 atom stereocenters. The summed E-state index contributed by atoms with van der Waals surface area (Å²) >= 11 is 0. The van der Waals surface area contributed by atoms with Crippen LogP contribution in [0.2, 0.25) is 0 Å². The van der Waals surface area contributed by atoms with Crippen LogP contribution in [0.4, 0.5) is 0 Å². The Hall–Kier alpha value is -1.01. The Morgan fingerprint density at radius 1 is 1.38 bits per heavy atom. The molecule has 0 radical (unpaired) electrons. The average molecular weight is 241 g/mol. The molecule has 0 saturated carbocycles. The minimum absolute atomic E-state index is 0.211. The van der Waals surface area contributed by atoms with Gasteiger partial charge in [-0.15, -0.1) is 0 Å². The van der Waals surface area contributed by atoms with E-state index < -0.39 is 9.84 Å². The fraction of sp³-hybridized carbons (Fsp3) is 0.600. The van der Waals surface area contributed by atoms with Gasteiger partial charge < -0.3 is 5.32 Å². The smallest absolute Gasteiger partial charge is 0.154 e. The fourth-order valence-electron chi connectivity index (χ4n) is 1.89. The molecule has 88 valence electrons. The number of hydrogen-bond acceptors (Lipinski definition) is 5. The topological polar surface area (TPSA) is 72.0 Å². The minimum atomic E-state index is -2.84. The Labute approximate surface area is 95.2 Å². The fourth-order valence-corrected chi connectivity index (χ4v) is 3.69. The lowest BCUT2D eigenvalue weighted by Gasteiger charge is -2.10. The molecule has 0 spiro atoms. The summed E-state index contributed by atoms with van der Waals surface area (Å²) in [6.07, 6.45) is 6.50. The molecule has 2 heterocycles. The lowest BCUT2D eigenvalue weighted by Crippen LogP contribution is -2.30. The van der Waals surface area contributed by atoms with Crippen molar-refractivity contribution in [3.8, 4) is 0 Å². The monoisotopic (exact) mass is 241 g/mol. The average Bonchev–Trinajstić information content (AvgIpc) is 2.60. The first-order chi connectivity index (χ1) is 7.68. The van der Waals surface area contributed by atoms with Crippen molar-refractivity contribution in [2.45, 2.75) is 24.6 Å². The molecule has 0 bridgehead atoms. The van der Waals surface area contributed by atoms with Gasteiger partial charge in [0.1, 0.15) is 6.33 Å². The quantitative estimate of drug-likeness (QED) is 0.812. The largest absolute Gasteiger partial charge is 0.311 e. The number of nitrogens with zero attached hydrogens (tertiary/aromatic N) is 2. The molecule has 2 rings (SSSR count). The number of sulfone groups is 1. The molecule has 1 aliphatic heterocycles. The van der Waals surface area contributed by atoms with E-state index in [0.717, 1.165) is 18.4 Å². The van der Waals surface area contributed by atoms with Crippen LogP contribution in [0.3, 0.4) is 0 Å². The highest BCUT2D eigenvalue weighted by atomic mass is 32.2. The number of aromatic nitrogens is 2. The van der Waals surface area contributed by atoms with Gasteiger partial charge in [0.2, 0.25) is 0 Å². The molecule has 0 amide bonds. The van der Waals surface area contributed by atoms with Gasteiger partial charge in [-0.1, -0.05) is 0 Å². The summed E-state index contributed by atoms with van der Waals surface area (Å²) in [6.45, 7) is 1.14. The van der Waals surface area contributed by atoms with Crippen LogP contribution < -0.4 is 5.32 Å². The van der Waals surface area contributed by atoms with Gasteiger partial charge in [0, 0.05) is 31.0 Å². The Morgan fingerprint density at radius 3 is 2.75 bits per heavy atom. The van der Waals surface area contributed by atoms with Crippen LogP contribution in [-0.4, -0.2) is 35.9 Å². The predicted octanol–water partition coefficient (Wildman–Crippen LogP) is 0.143. The van der Waals surface area contributed by atoms with Crippen molar-refractivity contribution in [1.29, 1.82) is 0 Å². The van der Waals surface area contributed by atoms with Crippen molar-refractivity contribution in [1.82, 2.24) is 15.3 Å². The highest BCUT2D eigenvalue weighted by molar-refractivity contribution is 7.92. The van der Waals surface area contributed by atoms with Crippen molar-refractivity contribution >= 4 is 9.84 Å². The zero-order chi connectivity index (χ0) is 11.4. The van der Waals surface area contributed by atoms with E-state index in [0.29, 0.717) is 18.8 Å². The second kappa shape index (κ2) is 4.88. The van der Waals surface area contributed by atoms with Crippen LogP contribution >= 0.6 is 0 Å². The van der Waals surface area contributed by atoms with Gasteiger partial charge in [0.05, 0.1) is 11.0 Å². The Kier molecular flexibility index (Phi) is 3.50. The van der Waals surface area contributed by atoms with Crippen molar-refractivity contribution in [3.05, 3.63) is 24.3 Å². The summed E-state index contributed by atoms with van der Waals surface area (Å²) in [4.78, 5) is 7.79. The van der Waals surface area contributed by atoms with Gasteiger partial charge in [-0.2, -0.15) is 0 Å². The van der Waals surface area contributed by atoms with Gasteiger partial charge >= 0.3 is 0 Å². The second-order valence-corrected chi connectivity index (χ2v) is 6.41. The summed E-state index contributed by atoms with van der Waals surface area (Å²) < 4.78 is 23.1. The lowest BCUT2D eigenvalue weighted by molar-refractivity contribution is 0.573. The molecule has 1 N–H and O–H groups in total. The number of nitrogens with one attached hydrogen (secondary N) is 1. The van der Waals surface area contributed by atoms with E-state index in [2.05, 4.69) is 15.3 Å². The first kappa shape index (κ1) is 11.5. The van der Waals surface area contributed by atoms with Crippen LogP contribution in [0.15, 0.2) is 18.7 Å². The van der Waals surface area contributed by atoms with Crippen molar-refractivity contribution in [3.63, 3.8) is 0 Å². The third kappa shape index (κ3) is 2.76. The maximum atomic E-state index is 11.5. The molecule has 1 saturated heterocycles. The second-order valence-electron chi connectivity index (χ2n) is 4.01. The zero-order valence-corrected chi connectivity index (χ0v) is 9.78. The molecule has 0 aliphatic carbocycles. The third-order valence-corrected chi connectivity index (χ3v) is 5.05. The van der Waals surface area contributed by atoms with Crippen LogP contribution in [-0.2, 0) is 16.4 Å². The SMILES string of the molecule is O=S1(=O)CCCC1CNCc1cncnc1. The molecule has 0 aromatic carbocycles. The van der Waals surface area contributed by atoms with Crippen molar-refractivity contribution in [2.24, 2.45) is 0 Å². The molecule has 16 heavy (non-hydrogen) atoms. The van der Waals surface area contributed by atoms with E-state index in [9.17, 15) is 8.42 Å². The third-order valence-electron chi connectivity index (χ3n) is 2.78. The van der Waals surface area contributed by atoms with Gasteiger partial charge in [0.15, 0.2) is 9.84 Å². The van der Waals surface area contributed by atoms with E-state index in [1.807, 2.05) is 0 Å². The van der Waals surface area contributed by atoms with Gasteiger partial charge in [0.25, 0.3) is 0 Å². The van der Waals surface area contributed by atoms with E-state index in [1.54, 1.807) is 12.4 Å². The Morgan fingerprint density at radius 2 is 2.12 bits per heavy atom. The number of hydrogen-bond donors (Lipinski definition) is 1. The maximum Gasteiger partial charge on any atom is 0.154 e. The van der Waals surface area contributed by atoms with Gasteiger partial charge in [-0.05, 0) is 12.8 Å². The van der Waals surface area contributed by atoms with Crippen LogP contribution in [0.5, 0.6) is 0 Å². The molecule has 1 aliphatic rings. The van der Waals surface area contributed by atoms with Crippen molar-refractivity contribution in [2.75, 3.05) is 12.3 Å². The van der Waals surface area contributed by atoms with Crippen LogP contribution in [0, 0.1) is 0 Å². The van der Waals surface area contributed by atoms with Crippen molar-refractivity contribution < 1.29 is 8.42 Å². The molecular formula is C10H15N3O2S. The van der Waals surface area contributed by atoms with Crippen LogP contribution in [0.1, 0.15) is 18.4 Å². The highest BCUT2D eigenvalue weighted by Gasteiger charge is 2.30. The standard InChI is InChI=1S/C10H15N3O2S/c14-16(15)3-1-2-10(16)7-11-4-9-5-12-8-13-6-9/h5-6,8,10-11H,1-4,7H2. The van der Waals surface area contributed by atoms with Crippen LogP contribution in [0.25, 0.3) is 0 Å². The number of rotatable bonds is 4. The van der Waals surface area contributed by atoms with E-state index in [4.69, 9.17) is 0 Å². The van der Waals surface area contributed by atoms with E-state index in [-0.39, 0.29) is 5.25 Å². The van der Waals surface area contributed by atoms with E-state index in [1.165, 1.54) is 6.33 Å². The van der Waals surface area contributed by atoms with Gasteiger partial charge in [-0.3, -0.25) is 0 Å². The first-order valence-electron chi connectivity index (χ1n) is 5.35. The summed E-state index contributed by atoms with van der Waals surface area (Å²) in [7, 11) is -2.84.